The molecule has 0 amide bonds. The van der Waals surface area contributed by atoms with Crippen LogP contribution in [0.15, 0.2) is 0 Å². The second kappa shape index (κ2) is 6.62. The van der Waals surface area contributed by atoms with Gasteiger partial charge < -0.3 is 11.1 Å². The molecule has 0 heterocycles. The van der Waals surface area contributed by atoms with E-state index in [1.165, 1.54) is 19.3 Å². The van der Waals surface area contributed by atoms with Crippen LogP contribution in [-0.2, 0) is 0 Å². The Labute approximate surface area is 70.5 Å². The highest BCUT2D eigenvalue weighted by atomic mass is 14.9. The van der Waals surface area contributed by atoms with Gasteiger partial charge in [0.05, 0.1) is 0 Å². The topological polar surface area (TPSA) is 38.0 Å². The van der Waals surface area contributed by atoms with E-state index in [9.17, 15) is 0 Å². The summed E-state index contributed by atoms with van der Waals surface area (Å²) < 4.78 is 0. The van der Waals surface area contributed by atoms with Crippen molar-refractivity contribution >= 4 is 0 Å². The van der Waals surface area contributed by atoms with E-state index >= 15 is 0 Å². The van der Waals surface area contributed by atoms with Gasteiger partial charge in [-0.05, 0) is 19.4 Å². The molecule has 0 fully saturated rings. The average Bonchev–Trinajstić information content (AvgIpc) is 1.98. The number of likely N-dealkylation sites (N-methyl/N-ethyl adjacent to an activating group) is 1. The van der Waals surface area contributed by atoms with E-state index in [1.54, 1.807) is 0 Å². The van der Waals surface area contributed by atoms with Crippen molar-refractivity contribution in [3.8, 4) is 0 Å². The van der Waals surface area contributed by atoms with Crippen LogP contribution >= 0.6 is 0 Å². The molecule has 0 bridgehead atoms. The van der Waals surface area contributed by atoms with Crippen molar-refractivity contribution in [1.29, 1.82) is 0 Å². The molecule has 0 aliphatic carbocycles. The summed E-state index contributed by atoms with van der Waals surface area (Å²) in [7, 11) is 1.98. The predicted octanol–water partition coefficient (Wildman–Crippen LogP) is 1.36. The molecule has 0 aliphatic heterocycles. The fourth-order valence-corrected chi connectivity index (χ4v) is 1.15. The van der Waals surface area contributed by atoms with E-state index in [1.807, 2.05) is 7.05 Å². The van der Waals surface area contributed by atoms with Crippen molar-refractivity contribution in [2.45, 2.75) is 39.2 Å². The second-order valence-corrected chi connectivity index (χ2v) is 3.55. The average molecular weight is 158 g/mol. The molecule has 0 radical (unpaired) electrons. The Morgan fingerprint density at radius 1 is 1.27 bits per heavy atom. The number of rotatable bonds is 6. The lowest BCUT2D eigenvalue weighted by Crippen LogP contribution is -2.33. The lowest BCUT2D eigenvalue weighted by molar-refractivity contribution is 0.464. The maximum Gasteiger partial charge on any atom is 0.0187 e. The fourth-order valence-electron chi connectivity index (χ4n) is 1.15. The lowest BCUT2D eigenvalue weighted by Gasteiger charge is -2.13. The Morgan fingerprint density at radius 3 is 2.27 bits per heavy atom. The van der Waals surface area contributed by atoms with Gasteiger partial charge in [-0.25, -0.2) is 0 Å². The van der Waals surface area contributed by atoms with Crippen LogP contribution in [0.3, 0.4) is 0 Å². The molecule has 3 N–H and O–H groups in total. The Morgan fingerprint density at radius 2 is 1.91 bits per heavy atom. The first-order valence-electron chi connectivity index (χ1n) is 4.58. The van der Waals surface area contributed by atoms with Crippen LogP contribution in [-0.4, -0.2) is 19.6 Å². The van der Waals surface area contributed by atoms with Crippen molar-refractivity contribution in [2.24, 2.45) is 11.7 Å². The van der Waals surface area contributed by atoms with Crippen LogP contribution in [0, 0.1) is 5.92 Å². The van der Waals surface area contributed by atoms with Crippen molar-refractivity contribution in [2.75, 3.05) is 13.6 Å². The first-order chi connectivity index (χ1) is 5.20. The molecule has 2 heteroatoms. The van der Waals surface area contributed by atoms with Gasteiger partial charge in [-0.2, -0.15) is 0 Å². The van der Waals surface area contributed by atoms with Crippen molar-refractivity contribution < 1.29 is 0 Å². The fraction of sp³-hybridized carbons (Fsp3) is 1.00. The summed E-state index contributed by atoms with van der Waals surface area (Å²) in [5.74, 6) is 0.824. The van der Waals surface area contributed by atoms with Gasteiger partial charge in [0.1, 0.15) is 0 Å². The molecule has 68 valence electrons. The molecular weight excluding hydrogens is 136 g/mol. The van der Waals surface area contributed by atoms with Crippen LogP contribution in [0.4, 0.5) is 0 Å². The van der Waals surface area contributed by atoms with Gasteiger partial charge in [0.25, 0.3) is 0 Å². The minimum absolute atomic E-state index is 0.522. The van der Waals surface area contributed by atoms with Crippen LogP contribution < -0.4 is 11.1 Å². The SMILES string of the molecule is CNC(CN)CCCC(C)C. The molecule has 0 spiro atoms. The summed E-state index contributed by atoms with van der Waals surface area (Å²) in [4.78, 5) is 0. The molecule has 0 rings (SSSR count). The Bertz CT molecular complexity index is 77.6. The summed E-state index contributed by atoms with van der Waals surface area (Å²) in [5.41, 5.74) is 5.54. The Balaban J connectivity index is 3.21. The van der Waals surface area contributed by atoms with Crippen LogP contribution in [0.5, 0.6) is 0 Å². The van der Waals surface area contributed by atoms with Gasteiger partial charge in [-0.1, -0.05) is 26.7 Å². The van der Waals surface area contributed by atoms with E-state index in [0.717, 1.165) is 12.5 Å². The third kappa shape index (κ3) is 6.32. The highest BCUT2D eigenvalue weighted by Gasteiger charge is 2.02. The first kappa shape index (κ1) is 10.9. The maximum atomic E-state index is 5.54. The molecule has 0 aromatic rings. The summed E-state index contributed by atoms with van der Waals surface area (Å²) >= 11 is 0. The standard InChI is InChI=1S/C9H22N2/c1-8(2)5-4-6-9(7-10)11-3/h8-9,11H,4-7,10H2,1-3H3. The van der Waals surface area contributed by atoms with Gasteiger partial charge in [0.2, 0.25) is 0 Å². The molecule has 0 aromatic heterocycles. The minimum Gasteiger partial charge on any atom is -0.329 e. The smallest absolute Gasteiger partial charge is 0.0187 e. The van der Waals surface area contributed by atoms with E-state index in [0.29, 0.717) is 6.04 Å². The van der Waals surface area contributed by atoms with Crippen molar-refractivity contribution in [3.63, 3.8) is 0 Å². The Hall–Kier alpha value is -0.0800. The quantitative estimate of drug-likeness (QED) is 0.612. The third-order valence-corrected chi connectivity index (χ3v) is 2.03. The van der Waals surface area contributed by atoms with Crippen molar-refractivity contribution in [1.82, 2.24) is 5.32 Å². The van der Waals surface area contributed by atoms with Crippen LogP contribution in [0.1, 0.15) is 33.1 Å². The number of hydrogen-bond donors (Lipinski definition) is 2. The summed E-state index contributed by atoms with van der Waals surface area (Å²) in [6, 6.07) is 0.522. The van der Waals surface area contributed by atoms with Gasteiger partial charge in [0.15, 0.2) is 0 Å². The number of hydrogen-bond acceptors (Lipinski definition) is 2. The zero-order chi connectivity index (χ0) is 8.69. The van der Waals surface area contributed by atoms with Gasteiger partial charge in [0, 0.05) is 12.6 Å². The largest absolute Gasteiger partial charge is 0.329 e. The summed E-state index contributed by atoms with van der Waals surface area (Å²) in [6.45, 7) is 5.28. The molecule has 0 aromatic carbocycles. The molecular formula is C9H22N2. The van der Waals surface area contributed by atoms with E-state index < -0.39 is 0 Å². The molecule has 0 saturated carbocycles. The molecule has 2 nitrogen and oxygen atoms in total. The van der Waals surface area contributed by atoms with E-state index in [4.69, 9.17) is 5.73 Å². The molecule has 11 heavy (non-hydrogen) atoms. The van der Waals surface area contributed by atoms with Gasteiger partial charge in [-0.3, -0.25) is 0 Å². The number of nitrogens with one attached hydrogen (secondary N) is 1. The summed E-state index contributed by atoms with van der Waals surface area (Å²) in [6.07, 6.45) is 3.82. The monoisotopic (exact) mass is 158 g/mol. The number of nitrogens with two attached hydrogens (primary N) is 1. The first-order valence-corrected chi connectivity index (χ1v) is 4.58. The zero-order valence-electron chi connectivity index (χ0n) is 8.06. The highest BCUT2D eigenvalue weighted by molar-refractivity contribution is 4.64. The Kier molecular flexibility index (Phi) is 6.57. The molecule has 1 unspecified atom stereocenters. The molecule has 0 saturated heterocycles. The van der Waals surface area contributed by atoms with Crippen molar-refractivity contribution in [3.05, 3.63) is 0 Å². The normalized spacial score (nSPS) is 13.9. The minimum atomic E-state index is 0.522. The van der Waals surface area contributed by atoms with Crippen LogP contribution in [0.25, 0.3) is 0 Å². The lowest BCUT2D eigenvalue weighted by atomic mass is 10.0. The molecule has 0 aliphatic rings. The summed E-state index contributed by atoms with van der Waals surface area (Å²) in [5, 5.41) is 3.20. The predicted molar refractivity (Wildman–Crippen MR) is 50.6 cm³/mol. The van der Waals surface area contributed by atoms with E-state index in [-0.39, 0.29) is 0 Å². The second-order valence-electron chi connectivity index (χ2n) is 3.55. The zero-order valence-corrected chi connectivity index (χ0v) is 8.06. The molecule has 1 atom stereocenters. The van der Waals surface area contributed by atoms with Gasteiger partial charge in [-0.15, -0.1) is 0 Å². The van der Waals surface area contributed by atoms with E-state index in [2.05, 4.69) is 19.2 Å². The van der Waals surface area contributed by atoms with Crippen LogP contribution in [0.2, 0.25) is 0 Å². The maximum absolute atomic E-state index is 5.54. The van der Waals surface area contributed by atoms with Gasteiger partial charge >= 0.3 is 0 Å². The third-order valence-electron chi connectivity index (χ3n) is 2.03. The highest BCUT2D eigenvalue weighted by Crippen LogP contribution is 2.07.